The van der Waals surface area contributed by atoms with E-state index in [1.807, 2.05) is 0 Å². The number of carbonyl (C=O) groups is 3. The Morgan fingerprint density at radius 1 is 1.03 bits per heavy atom. The molecule has 1 aliphatic heterocycles. The van der Waals surface area contributed by atoms with Gasteiger partial charge in [0.25, 0.3) is 5.56 Å². The van der Waals surface area contributed by atoms with Crippen LogP contribution in [-0.2, 0) is 22.5 Å². The van der Waals surface area contributed by atoms with Crippen LogP contribution in [-0.4, -0.2) is 53.4 Å². The fourth-order valence-corrected chi connectivity index (χ4v) is 4.76. The van der Waals surface area contributed by atoms with Crippen molar-refractivity contribution in [2.75, 3.05) is 20.2 Å². The largest absolute Gasteiger partial charge is 0.489 e. The summed E-state index contributed by atoms with van der Waals surface area (Å²) in [6.45, 7) is 0.791. The second-order valence-corrected chi connectivity index (χ2v) is 8.90. The number of rotatable bonds is 7. The Morgan fingerprint density at radius 2 is 1.74 bits per heavy atom. The summed E-state index contributed by atoms with van der Waals surface area (Å²) in [7, 11) is 1.29. The highest BCUT2D eigenvalue weighted by molar-refractivity contribution is 5.98. The van der Waals surface area contributed by atoms with E-state index >= 15 is 0 Å². The zero-order valence-corrected chi connectivity index (χ0v) is 19.8. The van der Waals surface area contributed by atoms with E-state index in [1.165, 1.54) is 42.0 Å². The monoisotopic (exact) mass is 484 g/mol. The van der Waals surface area contributed by atoms with Gasteiger partial charge in [-0.2, -0.15) is 0 Å². The number of carbonyl (C=O) groups excluding carboxylic acids is 3. The van der Waals surface area contributed by atoms with Crippen LogP contribution in [0.25, 0.3) is 0 Å². The molecule has 0 radical (unpaired) electrons. The summed E-state index contributed by atoms with van der Waals surface area (Å²) >= 11 is 0. The molecule has 2 aliphatic rings. The lowest BCUT2D eigenvalue weighted by Gasteiger charge is -2.20. The highest BCUT2D eigenvalue weighted by Gasteiger charge is 2.29. The van der Waals surface area contributed by atoms with Gasteiger partial charge in [-0.15, -0.1) is 0 Å². The number of nitrogens with zero attached hydrogens (tertiary/aromatic N) is 2. The first-order chi connectivity index (χ1) is 16.9. The minimum absolute atomic E-state index is 0.000645. The minimum atomic E-state index is -0.577. The van der Waals surface area contributed by atoms with Gasteiger partial charge in [0.15, 0.2) is 5.78 Å². The van der Waals surface area contributed by atoms with Crippen molar-refractivity contribution >= 4 is 17.7 Å². The Kier molecular flexibility index (Phi) is 7.63. The zero-order chi connectivity index (χ0) is 24.9. The molecule has 1 aromatic carbocycles. The predicted molar refractivity (Wildman–Crippen MR) is 125 cm³/mol. The number of hydrogen-bond acceptors (Lipinski definition) is 6. The van der Waals surface area contributed by atoms with Gasteiger partial charge >= 0.3 is 5.97 Å². The summed E-state index contributed by atoms with van der Waals surface area (Å²) in [5, 5.41) is 0. The molecule has 0 bridgehead atoms. The maximum atomic E-state index is 13.1. The van der Waals surface area contributed by atoms with E-state index in [1.54, 1.807) is 4.90 Å². The van der Waals surface area contributed by atoms with Crippen molar-refractivity contribution in [3.63, 3.8) is 0 Å². The van der Waals surface area contributed by atoms with Gasteiger partial charge in [0.05, 0.1) is 13.2 Å². The highest BCUT2D eigenvalue weighted by Crippen LogP contribution is 2.29. The number of ketones is 1. The number of fused-ring (bicyclic) bond motifs is 1. The van der Waals surface area contributed by atoms with Crippen LogP contribution in [0.3, 0.4) is 0 Å². The van der Waals surface area contributed by atoms with Crippen LogP contribution in [0.4, 0.5) is 4.39 Å². The summed E-state index contributed by atoms with van der Waals surface area (Å²) in [6.07, 6.45) is 4.08. The van der Waals surface area contributed by atoms with E-state index in [-0.39, 0.29) is 67.0 Å². The third-order valence-electron chi connectivity index (χ3n) is 6.66. The van der Waals surface area contributed by atoms with Crippen molar-refractivity contribution in [2.45, 2.75) is 57.6 Å². The maximum Gasteiger partial charge on any atom is 0.343 e. The molecule has 2 heterocycles. The van der Waals surface area contributed by atoms with Gasteiger partial charge in [0.1, 0.15) is 17.1 Å². The van der Waals surface area contributed by atoms with Crippen molar-refractivity contribution in [3.8, 4) is 5.75 Å². The molecule has 0 spiro atoms. The molecule has 9 heteroatoms. The predicted octanol–water partition coefficient (Wildman–Crippen LogP) is 3.14. The van der Waals surface area contributed by atoms with Crippen LogP contribution in [0, 0.1) is 5.82 Å². The number of ether oxygens (including phenoxy) is 2. The molecule has 0 saturated heterocycles. The number of amides is 1. The van der Waals surface area contributed by atoms with E-state index in [0.29, 0.717) is 17.8 Å². The molecule has 1 saturated carbocycles. The molecule has 1 aliphatic carbocycles. The third kappa shape index (κ3) is 5.61. The summed E-state index contributed by atoms with van der Waals surface area (Å²) in [5.74, 6) is -1.23. The number of esters is 1. The van der Waals surface area contributed by atoms with Crippen molar-refractivity contribution in [2.24, 2.45) is 0 Å². The first-order valence-electron chi connectivity index (χ1n) is 12.0. The van der Waals surface area contributed by atoms with E-state index in [9.17, 15) is 23.6 Å². The van der Waals surface area contributed by atoms with Gasteiger partial charge in [0, 0.05) is 56.2 Å². The molecular formula is C26H29FN2O6. The SMILES string of the molecule is COC(=O)c1c(OC2CCCC2)cc(=O)n2c1CCN(C(=O)CCC(=O)c1ccc(F)cc1)CC2. The van der Waals surface area contributed by atoms with Crippen molar-refractivity contribution in [3.05, 3.63) is 63.3 Å². The van der Waals surface area contributed by atoms with Crippen molar-refractivity contribution < 1.29 is 28.2 Å². The molecule has 4 rings (SSSR count). The molecular weight excluding hydrogens is 455 g/mol. The normalized spacial score (nSPS) is 15.9. The molecule has 35 heavy (non-hydrogen) atoms. The topological polar surface area (TPSA) is 94.9 Å². The number of aromatic nitrogens is 1. The fraction of sp³-hybridized carbons (Fsp3) is 0.462. The highest BCUT2D eigenvalue weighted by atomic mass is 19.1. The summed E-state index contributed by atoms with van der Waals surface area (Å²) in [4.78, 5) is 52.4. The summed E-state index contributed by atoms with van der Waals surface area (Å²) in [6, 6.07) is 6.56. The molecule has 0 unspecified atom stereocenters. The molecule has 1 amide bonds. The Balaban J connectivity index is 1.48. The third-order valence-corrected chi connectivity index (χ3v) is 6.66. The van der Waals surface area contributed by atoms with Crippen LogP contribution in [0.5, 0.6) is 5.75 Å². The number of halogens is 1. The van der Waals surface area contributed by atoms with Gasteiger partial charge < -0.3 is 18.9 Å². The molecule has 8 nitrogen and oxygen atoms in total. The number of pyridine rings is 1. The van der Waals surface area contributed by atoms with E-state index in [0.717, 1.165) is 25.7 Å². The Morgan fingerprint density at radius 3 is 2.43 bits per heavy atom. The van der Waals surface area contributed by atoms with E-state index in [2.05, 4.69) is 0 Å². The van der Waals surface area contributed by atoms with Gasteiger partial charge in [-0.1, -0.05) is 0 Å². The average Bonchev–Trinajstić information content (AvgIpc) is 3.26. The van der Waals surface area contributed by atoms with Crippen LogP contribution in [0.1, 0.15) is 64.9 Å². The van der Waals surface area contributed by atoms with Gasteiger partial charge in [-0.3, -0.25) is 14.4 Å². The number of methoxy groups -OCH3 is 1. The molecule has 2 aromatic rings. The number of Topliss-reactive ketones (excluding diaryl/α,β-unsaturated/α-hetero) is 1. The fourth-order valence-electron chi connectivity index (χ4n) is 4.76. The Bertz CT molecular complexity index is 1170. The van der Waals surface area contributed by atoms with Crippen LogP contribution < -0.4 is 10.3 Å². The van der Waals surface area contributed by atoms with E-state index < -0.39 is 11.8 Å². The maximum absolute atomic E-state index is 13.1. The molecule has 0 atom stereocenters. The quantitative estimate of drug-likeness (QED) is 0.443. The number of benzene rings is 1. The van der Waals surface area contributed by atoms with Crippen LogP contribution in [0.2, 0.25) is 0 Å². The van der Waals surface area contributed by atoms with Gasteiger partial charge in [-0.25, -0.2) is 9.18 Å². The second-order valence-electron chi connectivity index (χ2n) is 8.90. The molecule has 0 N–H and O–H groups in total. The van der Waals surface area contributed by atoms with Crippen molar-refractivity contribution in [1.82, 2.24) is 9.47 Å². The first kappa shape index (κ1) is 24.6. The minimum Gasteiger partial charge on any atom is -0.489 e. The van der Waals surface area contributed by atoms with Crippen LogP contribution >= 0.6 is 0 Å². The summed E-state index contributed by atoms with van der Waals surface area (Å²) in [5.41, 5.74) is 0.794. The smallest absolute Gasteiger partial charge is 0.343 e. The second kappa shape index (κ2) is 10.8. The first-order valence-corrected chi connectivity index (χ1v) is 12.0. The standard InChI is InChI=1S/C26H29FN2O6/c1-34-26(33)25-20-12-13-28(23(31)11-10-21(30)17-6-8-18(27)9-7-17)14-15-29(20)24(32)16-22(25)35-19-4-2-3-5-19/h6-9,16,19H,2-5,10-15H2,1H3. The number of hydrogen-bond donors (Lipinski definition) is 0. The van der Waals surface area contributed by atoms with Gasteiger partial charge in [-0.05, 0) is 49.9 Å². The average molecular weight is 485 g/mol. The molecule has 1 aromatic heterocycles. The summed E-state index contributed by atoms with van der Waals surface area (Å²) < 4.78 is 25.6. The van der Waals surface area contributed by atoms with Crippen molar-refractivity contribution in [1.29, 1.82) is 0 Å². The Hall–Kier alpha value is -3.49. The molecule has 186 valence electrons. The van der Waals surface area contributed by atoms with E-state index in [4.69, 9.17) is 9.47 Å². The van der Waals surface area contributed by atoms with Crippen LogP contribution in [0.15, 0.2) is 35.1 Å². The lowest BCUT2D eigenvalue weighted by molar-refractivity contribution is -0.131. The molecule has 1 fully saturated rings. The van der Waals surface area contributed by atoms with Gasteiger partial charge in [0.2, 0.25) is 5.91 Å². The lowest BCUT2D eigenvalue weighted by Crippen LogP contribution is -2.34. The zero-order valence-electron chi connectivity index (χ0n) is 19.8. The Labute approximate surface area is 202 Å². The lowest BCUT2D eigenvalue weighted by atomic mass is 10.1.